The molecular weight excluding hydrogens is 172 g/mol. The summed E-state index contributed by atoms with van der Waals surface area (Å²) in [6, 6.07) is 0. The fourth-order valence-corrected chi connectivity index (χ4v) is 3.32. The van der Waals surface area contributed by atoms with Gasteiger partial charge in [0.05, 0.1) is 11.7 Å². The number of fused-ring (bicyclic) bond motifs is 1. The molecule has 0 N–H and O–H groups in total. The van der Waals surface area contributed by atoms with Crippen LogP contribution >= 0.6 is 0 Å². The first-order valence-electron chi connectivity index (χ1n) is 5.79. The molecule has 0 aromatic carbocycles. The third-order valence-electron chi connectivity index (χ3n) is 4.04. The summed E-state index contributed by atoms with van der Waals surface area (Å²) in [5.41, 5.74) is 0.406. The Morgan fingerprint density at radius 1 is 1.21 bits per heavy atom. The Morgan fingerprint density at radius 2 is 1.93 bits per heavy atom. The minimum Gasteiger partial charge on any atom is -0.368 e. The van der Waals surface area contributed by atoms with Gasteiger partial charge in [0.25, 0.3) is 0 Å². The average molecular weight is 194 g/mol. The molecule has 0 aromatic rings. The molecule has 1 heterocycles. The highest BCUT2D eigenvalue weighted by Crippen LogP contribution is 2.49. The van der Waals surface area contributed by atoms with Crippen molar-refractivity contribution in [2.24, 2.45) is 11.3 Å². The third-order valence-corrected chi connectivity index (χ3v) is 4.04. The molecule has 1 fully saturated rings. The second-order valence-corrected chi connectivity index (χ2v) is 5.84. The fraction of sp³-hybridized carbons (Fsp3) is 0.846. The maximum absolute atomic E-state index is 6.13. The summed E-state index contributed by atoms with van der Waals surface area (Å²) in [5.74, 6) is 0.691. The van der Waals surface area contributed by atoms with Gasteiger partial charge in [0.2, 0.25) is 0 Å². The van der Waals surface area contributed by atoms with E-state index in [1.165, 1.54) is 19.3 Å². The van der Waals surface area contributed by atoms with E-state index >= 15 is 0 Å². The van der Waals surface area contributed by atoms with Gasteiger partial charge in [-0.15, -0.1) is 0 Å². The summed E-state index contributed by atoms with van der Waals surface area (Å²) in [6.07, 6.45) is 8.75. The second kappa shape index (κ2) is 3.10. The van der Waals surface area contributed by atoms with E-state index in [0.717, 1.165) is 0 Å². The summed E-state index contributed by atoms with van der Waals surface area (Å²) >= 11 is 0. The third kappa shape index (κ3) is 1.52. The van der Waals surface area contributed by atoms with E-state index in [9.17, 15) is 0 Å². The van der Waals surface area contributed by atoms with E-state index in [1.807, 2.05) is 0 Å². The van der Waals surface area contributed by atoms with E-state index in [4.69, 9.17) is 4.74 Å². The van der Waals surface area contributed by atoms with Crippen LogP contribution < -0.4 is 0 Å². The van der Waals surface area contributed by atoms with Crippen molar-refractivity contribution in [1.29, 1.82) is 0 Å². The van der Waals surface area contributed by atoms with Gasteiger partial charge in [0.1, 0.15) is 0 Å². The molecule has 80 valence electrons. The van der Waals surface area contributed by atoms with Crippen LogP contribution in [0.5, 0.6) is 0 Å². The molecule has 1 aliphatic carbocycles. The molecule has 1 nitrogen and oxygen atoms in total. The second-order valence-electron chi connectivity index (χ2n) is 5.84. The molecule has 2 aliphatic rings. The van der Waals surface area contributed by atoms with Crippen LogP contribution in [0.3, 0.4) is 0 Å². The molecule has 0 aromatic heterocycles. The van der Waals surface area contributed by atoms with Crippen LogP contribution in [0.2, 0.25) is 0 Å². The van der Waals surface area contributed by atoms with Crippen molar-refractivity contribution in [3.8, 4) is 0 Å². The SMILES string of the molecule is C[C@H]1CC[C@H]2C(C)(C)CC=C[C@@]2(C)O1. The van der Waals surface area contributed by atoms with Gasteiger partial charge < -0.3 is 4.74 Å². The molecule has 0 unspecified atom stereocenters. The van der Waals surface area contributed by atoms with Gasteiger partial charge in [-0.2, -0.15) is 0 Å². The predicted molar refractivity (Wildman–Crippen MR) is 59.2 cm³/mol. The Bertz CT molecular complexity index is 254. The Morgan fingerprint density at radius 3 is 2.64 bits per heavy atom. The number of ether oxygens (including phenoxy) is 1. The summed E-state index contributed by atoms with van der Waals surface area (Å²) < 4.78 is 6.13. The molecule has 14 heavy (non-hydrogen) atoms. The lowest BCUT2D eigenvalue weighted by molar-refractivity contribution is -0.150. The molecule has 0 radical (unpaired) electrons. The lowest BCUT2D eigenvalue weighted by Gasteiger charge is -2.51. The van der Waals surface area contributed by atoms with Crippen molar-refractivity contribution < 1.29 is 4.74 Å². The van der Waals surface area contributed by atoms with Gasteiger partial charge in [-0.25, -0.2) is 0 Å². The zero-order chi connectivity index (χ0) is 10.4. The van der Waals surface area contributed by atoms with Crippen molar-refractivity contribution in [3.63, 3.8) is 0 Å². The lowest BCUT2D eigenvalue weighted by Crippen LogP contribution is -2.51. The Labute approximate surface area is 87.5 Å². The molecule has 2 rings (SSSR count). The fourth-order valence-electron chi connectivity index (χ4n) is 3.32. The zero-order valence-corrected chi connectivity index (χ0v) is 9.84. The Hall–Kier alpha value is -0.300. The molecule has 3 atom stereocenters. The van der Waals surface area contributed by atoms with Crippen LogP contribution in [0.15, 0.2) is 12.2 Å². The van der Waals surface area contributed by atoms with Crippen molar-refractivity contribution in [1.82, 2.24) is 0 Å². The Balaban J connectivity index is 2.29. The van der Waals surface area contributed by atoms with Crippen LogP contribution in [-0.4, -0.2) is 11.7 Å². The van der Waals surface area contributed by atoms with Crippen molar-refractivity contribution in [2.75, 3.05) is 0 Å². The summed E-state index contributed by atoms with van der Waals surface area (Å²) in [4.78, 5) is 0. The van der Waals surface area contributed by atoms with Crippen LogP contribution in [0.25, 0.3) is 0 Å². The largest absolute Gasteiger partial charge is 0.368 e. The minimum atomic E-state index is -0.000579. The number of hydrogen-bond acceptors (Lipinski definition) is 1. The topological polar surface area (TPSA) is 9.23 Å². The summed E-state index contributed by atoms with van der Waals surface area (Å²) in [5, 5.41) is 0. The maximum atomic E-state index is 6.13. The highest BCUT2D eigenvalue weighted by atomic mass is 16.5. The molecular formula is C13H22O. The molecule has 0 spiro atoms. The smallest absolute Gasteiger partial charge is 0.0871 e. The summed E-state index contributed by atoms with van der Waals surface area (Å²) in [6.45, 7) is 9.19. The van der Waals surface area contributed by atoms with E-state index < -0.39 is 0 Å². The normalized spacial score (nSPS) is 46.0. The van der Waals surface area contributed by atoms with E-state index in [0.29, 0.717) is 17.4 Å². The molecule has 0 bridgehead atoms. The van der Waals surface area contributed by atoms with Gasteiger partial charge in [-0.05, 0) is 44.4 Å². The Kier molecular flexibility index (Phi) is 2.26. The van der Waals surface area contributed by atoms with Crippen LogP contribution in [0, 0.1) is 11.3 Å². The van der Waals surface area contributed by atoms with E-state index in [1.54, 1.807) is 0 Å². The van der Waals surface area contributed by atoms with Gasteiger partial charge in [-0.3, -0.25) is 0 Å². The van der Waals surface area contributed by atoms with Gasteiger partial charge in [0.15, 0.2) is 0 Å². The molecule has 1 saturated heterocycles. The van der Waals surface area contributed by atoms with E-state index in [-0.39, 0.29) is 5.60 Å². The first-order chi connectivity index (χ1) is 6.44. The predicted octanol–water partition coefficient (Wildman–Crippen LogP) is 3.55. The first kappa shape index (κ1) is 10.2. The van der Waals surface area contributed by atoms with Gasteiger partial charge in [-0.1, -0.05) is 26.0 Å². The minimum absolute atomic E-state index is 0.000579. The molecule has 1 heteroatoms. The van der Waals surface area contributed by atoms with Gasteiger partial charge >= 0.3 is 0 Å². The lowest BCUT2D eigenvalue weighted by atomic mass is 9.62. The van der Waals surface area contributed by atoms with E-state index in [2.05, 4.69) is 39.8 Å². The number of allylic oxidation sites excluding steroid dienone is 1. The highest BCUT2D eigenvalue weighted by Gasteiger charge is 2.47. The maximum Gasteiger partial charge on any atom is 0.0871 e. The highest BCUT2D eigenvalue weighted by molar-refractivity contribution is 5.14. The van der Waals surface area contributed by atoms with Gasteiger partial charge in [0, 0.05) is 0 Å². The van der Waals surface area contributed by atoms with Crippen molar-refractivity contribution in [2.45, 2.75) is 58.7 Å². The van der Waals surface area contributed by atoms with Crippen LogP contribution in [0.1, 0.15) is 47.0 Å². The number of rotatable bonds is 0. The average Bonchev–Trinajstić information content (AvgIpc) is 2.00. The monoisotopic (exact) mass is 194 g/mol. The zero-order valence-electron chi connectivity index (χ0n) is 9.84. The quantitative estimate of drug-likeness (QED) is 0.536. The molecule has 0 amide bonds. The van der Waals surface area contributed by atoms with Crippen LogP contribution in [-0.2, 0) is 4.74 Å². The standard InChI is InChI=1S/C13H22O/c1-10-6-7-11-12(2,3)8-5-9-13(11,4)14-10/h5,9-11H,6-8H2,1-4H3/t10-,11-,13+/m0/s1. The van der Waals surface area contributed by atoms with Crippen molar-refractivity contribution >= 4 is 0 Å². The number of hydrogen-bond donors (Lipinski definition) is 0. The summed E-state index contributed by atoms with van der Waals surface area (Å²) in [7, 11) is 0. The van der Waals surface area contributed by atoms with Crippen LogP contribution in [0.4, 0.5) is 0 Å². The van der Waals surface area contributed by atoms with Crippen molar-refractivity contribution in [3.05, 3.63) is 12.2 Å². The molecule has 0 saturated carbocycles. The first-order valence-corrected chi connectivity index (χ1v) is 5.79. The molecule has 1 aliphatic heterocycles.